The van der Waals surface area contributed by atoms with Gasteiger partial charge in [-0.05, 0) is 68.1 Å². The van der Waals surface area contributed by atoms with Gasteiger partial charge < -0.3 is 9.15 Å². The summed E-state index contributed by atoms with van der Waals surface area (Å²) >= 11 is 0. The minimum atomic E-state index is 0.757. The Morgan fingerprint density at radius 2 is 1.65 bits per heavy atom. The van der Waals surface area contributed by atoms with Gasteiger partial charge in [0.1, 0.15) is 16.9 Å². The quantitative estimate of drug-likeness (QED) is 0.335. The normalized spacial score (nSPS) is 15.9. The van der Waals surface area contributed by atoms with Crippen LogP contribution in [-0.4, -0.2) is 31.1 Å². The molecule has 1 aliphatic heterocycles. The number of hydrogen-bond acceptors (Lipinski definition) is 3. The van der Waals surface area contributed by atoms with Crippen LogP contribution in [-0.2, 0) is 0 Å². The van der Waals surface area contributed by atoms with Crippen molar-refractivity contribution in [1.29, 1.82) is 0 Å². The van der Waals surface area contributed by atoms with Gasteiger partial charge in [-0.25, -0.2) is 0 Å². The van der Waals surface area contributed by atoms with Crippen LogP contribution in [0.3, 0.4) is 0 Å². The van der Waals surface area contributed by atoms with E-state index in [1.165, 1.54) is 31.5 Å². The first kappa shape index (κ1) is 19.9. The maximum absolute atomic E-state index is 6.11. The molecule has 1 aromatic heterocycles. The molecule has 3 aromatic carbocycles. The highest BCUT2D eigenvalue weighted by Gasteiger charge is 2.18. The number of fused-ring (bicyclic) bond motifs is 3. The second kappa shape index (κ2) is 9.40. The van der Waals surface area contributed by atoms with Gasteiger partial charge in [0.25, 0.3) is 0 Å². The molecule has 2 heterocycles. The number of benzene rings is 3. The molecule has 0 aliphatic carbocycles. The molecule has 4 aromatic rings. The third-order valence-electron chi connectivity index (χ3n) is 6.32. The van der Waals surface area contributed by atoms with E-state index >= 15 is 0 Å². The highest BCUT2D eigenvalue weighted by molar-refractivity contribution is 6.05. The smallest absolute Gasteiger partial charge is 0.135 e. The fourth-order valence-corrected chi connectivity index (χ4v) is 4.50. The minimum Gasteiger partial charge on any atom is -0.494 e. The second-order valence-electron chi connectivity index (χ2n) is 8.45. The topological polar surface area (TPSA) is 25.6 Å². The van der Waals surface area contributed by atoms with Gasteiger partial charge in [-0.2, -0.15) is 0 Å². The number of piperidine rings is 1. The molecule has 0 spiro atoms. The monoisotopic (exact) mass is 411 g/mol. The molecule has 0 radical (unpaired) electrons. The van der Waals surface area contributed by atoms with Crippen LogP contribution in [0.25, 0.3) is 28.0 Å². The molecule has 0 N–H and O–H groups in total. The van der Waals surface area contributed by atoms with E-state index in [9.17, 15) is 0 Å². The zero-order chi connectivity index (χ0) is 20.9. The van der Waals surface area contributed by atoms with E-state index in [-0.39, 0.29) is 0 Å². The fraction of sp³-hybridized carbons (Fsp3) is 0.286. The Balaban J connectivity index is 1.08. The number of para-hydroxylation sites is 1. The van der Waals surface area contributed by atoms with E-state index in [4.69, 9.17) is 9.15 Å². The zero-order valence-corrected chi connectivity index (χ0v) is 17.9. The van der Waals surface area contributed by atoms with Gasteiger partial charge in [-0.15, -0.1) is 0 Å². The molecule has 0 saturated carbocycles. The third kappa shape index (κ3) is 4.83. The Bertz CT molecular complexity index is 1150. The molecule has 3 nitrogen and oxygen atoms in total. The van der Waals surface area contributed by atoms with Gasteiger partial charge in [-0.1, -0.05) is 60.7 Å². The van der Waals surface area contributed by atoms with Crippen molar-refractivity contribution in [3.63, 3.8) is 0 Å². The van der Waals surface area contributed by atoms with Gasteiger partial charge in [-0.3, -0.25) is 4.90 Å². The summed E-state index contributed by atoms with van der Waals surface area (Å²) in [5, 5.41) is 2.28. The van der Waals surface area contributed by atoms with Crippen LogP contribution in [0.4, 0.5) is 0 Å². The molecule has 158 valence electrons. The van der Waals surface area contributed by atoms with Gasteiger partial charge in [0.15, 0.2) is 0 Å². The maximum Gasteiger partial charge on any atom is 0.135 e. The van der Waals surface area contributed by atoms with E-state index in [1.807, 2.05) is 24.3 Å². The third-order valence-corrected chi connectivity index (χ3v) is 6.32. The van der Waals surface area contributed by atoms with Crippen molar-refractivity contribution in [3.8, 4) is 5.75 Å². The van der Waals surface area contributed by atoms with Crippen molar-refractivity contribution in [2.75, 3.05) is 26.2 Å². The fourth-order valence-electron chi connectivity index (χ4n) is 4.50. The number of furan rings is 1. The molecule has 1 fully saturated rings. The number of ether oxygens (including phenoxy) is 1. The standard InChI is InChI=1S/C28H29NO2/c1-2-7-22(8-3-1)9-6-17-29-18-14-23(15-19-29)16-20-30-24-12-13-28-26(21-24)25-10-4-5-11-27(25)31-28/h1-13,21,23H,14-20H2/b9-6+. The number of likely N-dealkylation sites (tertiary alicyclic amines) is 1. The SMILES string of the molecule is C(=C\c1ccccc1)/CN1CCC(CCOc2ccc3oc4ccccc4c3c2)CC1. The highest BCUT2D eigenvalue weighted by atomic mass is 16.5. The van der Waals surface area contributed by atoms with Crippen LogP contribution < -0.4 is 4.74 Å². The summed E-state index contributed by atoms with van der Waals surface area (Å²) < 4.78 is 12.0. The molecule has 31 heavy (non-hydrogen) atoms. The lowest BCUT2D eigenvalue weighted by Gasteiger charge is -2.31. The van der Waals surface area contributed by atoms with Crippen molar-refractivity contribution in [1.82, 2.24) is 4.90 Å². The summed E-state index contributed by atoms with van der Waals surface area (Å²) in [6, 6.07) is 24.9. The number of nitrogens with zero attached hydrogens (tertiary/aromatic N) is 1. The summed E-state index contributed by atoms with van der Waals surface area (Å²) in [4.78, 5) is 2.55. The zero-order valence-electron chi connectivity index (χ0n) is 17.9. The summed E-state index contributed by atoms with van der Waals surface area (Å²) in [5.41, 5.74) is 3.12. The van der Waals surface area contributed by atoms with Crippen LogP contribution in [0.5, 0.6) is 5.75 Å². The van der Waals surface area contributed by atoms with E-state index in [0.717, 1.165) is 53.2 Å². The largest absolute Gasteiger partial charge is 0.494 e. The Morgan fingerprint density at radius 3 is 2.52 bits per heavy atom. The van der Waals surface area contributed by atoms with Crippen LogP contribution in [0, 0.1) is 5.92 Å². The van der Waals surface area contributed by atoms with Crippen molar-refractivity contribution in [3.05, 3.63) is 84.4 Å². The second-order valence-corrected chi connectivity index (χ2v) is 8.45. The minimum absolute atomic E-state index is 0.757. The molecule has 0 unspecified atom stereocenters. The van der Waals surface area contributed by atoms with Crippen LogP contribution in [0.2, 0.25) is 0 Å². The first-order chi connectivity index (χ1) is 15.3. The van der Waals surface area contributed by atoms with E-state index in [0.29, 0.717) is 0 Å². The average Bonchev–Trinajstić information content (AvgIpc) is 3.19. The van der Waals surface area contributed by atoms with Gasteiger partial charge >= 0.3 is 0 Å². The molecule has 3 heteroatoms. The Labute approximate surface area is 183 Å². The molecule has 5 rings (SSSR count). The van der Waals surface area contributed by atoms with Gasteiger partial charge in [0.2, 0.25) is 0 Å². The van der Waals surface area contributed by atoms with E-state index < -0.39 is 0 Å². The van der Waals surface area contributed by atoms with Crippen LogP contribution >= 0.6 is 0 Å². The van der Waals surface area contributed by atoms with Gasteiger partial charge in [0.05, 0.1) is 6.61 Å². The lowest BCUT2D eigenvalue weighted by molar-refractivity contribution is 0.175. The average molecular weight is 412 g/mol. The summed E-state index contributed by atoms with van der Waals surface area (Å²) in [6.45, 7) is 4.17. The summed E-state index contributed by atoms with van der Waals surface area (Å²) in [5.74, 6) is 1.69. The van der Waals surface area contributed by atoms with Crippen molar-refractivity contribution < 1.29 is 9.15 Å². The molecule has 0 atom stereocenters. The first-order valence-electron chi connectivity index (χ1n) is 11.3. The van der Waals surface area contributed by atoms with Crippen LogP contribution in [0.15, 0.2) is 83.3 Å². The van der Waals surface area contributed by atoms with Crippen molar-refractivity contribution in [2.45, 2.75) is 19.3 Å². The van der Waals surface area contributed by atoms with Crippen LogP contribution in [0.1, 0.15) is 24.8 Å². The van der Waals surface area contributed by atoms with Crippen molar-refractivity contribution in [2.24, 2.45) is 5.92 Å². The lowest BCUT2D eigenvalue weighted by Crippen LogP contribution is -2.34. The summed E-state index contributed by atoms with van der Waals surface area (Å²) in [6.07, 6.45) is 8.15. The highest BCUT2D eigenvalue weighted by Crippen LogP contribution is 2.31. The number of hydrogen-bond donors (Lipinski definition) is 0. The Hall–Kier alpha value is -3.04. The van der Waals surface area contributed by atoms with Crippen molar-refractivity contribution >= 4 is 28.0 Å². The van der Waals surface area contributed by atoms with Gasteiger partial charge in [0, 0.05) is 17.3 Å². The maximum atomic E-state index is 6.11. The molecular weight excluding hydrogens is 382 g/mol. The summed E-state index contributed by atoms with van der Waals surface area (Å²) in [7, 11) is 0. The molecule has 1 saturated heterocycles. The Morgan fingerprint density at radius 1 is 0.871 bits per heavy atom. The first-order valence-corrected chi connectivity index (χ1v) is 11.3. The molecule has 1 aliphatic rings. The predicted octanol–water partition coefficient (Wildman–Crippen LogP) is 6.78. The number of rotatable bonds is 7. The lowest BCUT2D eigenvalue weighted by atomic mass is 9.94. The van der Waals surface area contributed by atoms with E-state index in [2.05, 4.69) is 65.6 Å². The molecular formula is C28H29NO2. The predicted molar refractivity (Wildman–Crippen MR) is 128 cm³/mol. The Kier molecular flexibility index (Phi) is 6.03. The molecule has 0 bridgehead atoms. The van der Waals surface area contributed by atoms with E-state index in [1.54, 1.807) is 0 Å². The molecule has 0 amide bonds.